The van der Waals surface area contributed by atoms with Gasteiger partial charge in [0.1, 0.15) is 5.75 Å². The predicted octanol–water partition coefficient (Wildman–Crippen LogP) is 3.74. The SMILES string of the molecule is CCC(NC(=O)CCNC(=O)c1ccc(Cl)cc1)c1ccccc1OC. The van der Waals surface area contributed by atoms with Crippen molar-refractivity contribution in [1.82, 2.24) is 10.6 Å². The number of rotatable bonds is 8. The summed E-state index contributed by atoms with van der Waals surface area (Å²) in [6, 6.07) is 14.1. The van der Waals surface area contributed by atoms with Crippen molar-refractivity contribution in [2.75, 3.05) is 13.7 Å². The van der Waals surface area contributed by atoms with Gasteiger partial charge in [0.15, 0.2) is 0 Å². The zero-order valence-electron chi connectivity index (χ0n) is 14.9. The van der Waals surface area contributed by atoms with Gasteiger partial charge in [-0.1, -0.05) is 36.7 Å². The van der Waals surface area contributed by atoms with E-state index in [0.717, 1.165) is 17.7 Å². The molecule has 1 atom stereocenters. The lowest BCUT2D eigenvalue weighted by atomic mass is 10.0. The molecule has 0 radical (unpaired) electrons. The standard InChI is InChI=1S/C20H23ClN2O3/c1-3-17(16-6-4-5-7-18(16)26-2)23-19(24)12-13-22-20(25)14-8-10-15(21)11-9-14/h4-11,17H,3,12-13H2,1-2H3,(H,22,25)(H,23,24). The van der Waals surface area contributed by atoms with Crippen molar-refractivity contribution in [3.63, 3.8) is 0 Å². The smallest absolute Gasteiger partial charge is 0.251 e. The third-order valence-electron chi connectivity index (χ3n) is 4.00. The average molecular weight is 375 g/mol. The molecule has 0 fully saturated rings. The highest BCUT2D eigenvalue weighted by Gasteiger charge is 2.16. The van der Waals surface area contributed by atoms with Crippen LogP contribution in [0.15, 0.2) is 48.5 Å². The Labute approximate surface area is 158 Å². The van der Waals surface area contributed by atoms with E-state index in [9.17, 15) is 9.59 Å². The Balaban J connectivity index is 1.85. The predicted molar refractivity (Wildman–Crippen MR) is 103 cm³/mol. The lowest BCUT2D eigenvalue weighted by Gasteiger charge is -2.20. The molecule has 0 aliphatic rings. The number of halogens is 1. The molecule has 0 bridgehead atoms. The molecule has 5 nitrogen and oxygen atoms in total. The van der Waals surface area contributed by atoms with Crippen LogP contribution in [0.5, 0.6) is 5.75 Å². The van der Waals surface area contributed by atoms with Crippen LogP contribution in [0.2, 0.25) is 5.02 Å². The maximum absolute atomic E-state index is 12.2. The van der Waals surface area contributed by atoms with Crippen molar-refractivity contribution in [3.8, 4) is 5.75 Å². The third-order valence-corrected chi connectivity index (χ3v) is 4.25. The summed E-state index contributed by atoms with van der Waals surface area (Å²) in [5, 5.41) is 6.30. The molecule has 0 saturated heterocycles. The molecule has 0 aliphatic heterocycles. The van der Waals surface area contributed by atoms with E-state index < -0.39 is 0 Å². The van der Waals surface area contributed by atoms with Gasteiger partial charge in [0.05, 0.1) is 13.2 Å². The van der Waals surface area contributed by atoms with E-state index in [1.807, 2.05) is 31.2 Å². The molecule has 6 heteroatoms. The van der Waals surface area contributed by atoms with E-state index in [0.29, 0.717) is 10.6 Å². The van der Waals surface area contributed by atoms with Crippen LogP contribution in [0.1, 0.15) is 41.7 Å². The molecule has 2 N–H and O–H groups in total. The van der Waals surface area contributed by atoms with E-state index in [-0.39, 0.29) is 30.8 Å². The number of ether oxygens (including phenoxy) is 1. The Morgan fingerprint density at radius 3 is 2.46 bits per heavy atom. The maximum Gasteiger partial charge on any atom is 0.251 e. The second-order valence-electron chi connectivity index (χ2n) is 5.78. The van der Waals surface area contributed by atoms with Crippen molar-refractivity contribution in [1.29, 1.82) is 0 Å². The third kappa shape index (κ3) is 5.49. The van der Waals surface area contributed by atoms with E-state index in [1.165, 1.54) is 0 Å². The van der Waals surface area contributed by atoms with Crippen molar-refractivity contribution >= 4 is 23.4 Å². The molecule has 0 spiro atoms. The Kier molecular flexibility index (Phi) is 7.48. The number of carbonyl (C=O) groups is 2. The van der Waals surface area contributed by atoms with Crippen LogP contribution in [0.25, 0.3) is 0 Å². The zero-order valence-corrected chi connectivity index (χ0v) is 15.7. The largest absolute Gasteiger partial charge is 0.496 e. The number of methoxy groups -OCH3 is 1. The van der Waals surface area contributed by atoms with Crippen LogP contribution in [0.4, 0.5) is 0 Å². The Morgan fingerprint density at radius 1 is 1.12 bits per heavy atom. The Bertz CT molecular complexity index is 747. The minimum absolute atomic E-state index is 0.126. The van der Waals surface area contributed by atoms with Crippen molar-refractivity contribution in [2.45, 2.75) is 25.8 Å². The van der Waals surface area contributed by atoms with Crippen molar-refractivity contribution in [3.05, 3.63) is 64.7 Å². The molecular formula is C20H23ClN2O3. The van der Waals surface area contributed by atoms with Crippen LogP contribution in [0, 0.1) is 0 Å². The van der Waals surface area contributed by atoms with Crippen molar-refractivity contribution in [2.24, 2.45) is 0 Å². The zero-order chi connectivity index (χ0) is 18.9. The monoisotopic (exact) mass is 374 g/mol. The van der Waals surface area contributed by atoms with E-state index in [1.54, 1.807) is 31.4 Å². The molecule has 1 unspecified atom stereocenters. The number of carbonyl (C=O) groups excluding carboxylic acids is 2. The summed E-state index contributed by atoms with van der Waals surface area (Å²) < 4.78 is 5.36. The summed E-state index contributed by atoms with van der Waals surface area (Å²) in [7, 11) is 1.61. The number of amides is 2. The van der Waals surface area contributed by atoms with Gasteiger partial charge >= 0.3 is 0 Å². The summed E-state index contributed by atoms with van der Waals surface area (Å²) >= 11 is 5.80. The maximum atomic E-state index is 12.2. The minimum Gasteiger partial charge on any atom is -0.496 e. The van der Waals surface area contributed by atoms with Gasteiger partial charge in [-0.3, -0.25) is 9.59 Å². The topological polar surface area (TPSA) is 67.4 Å². The highest BCUT2D eigenvalue weighted by molar-refractivity contribution is 6.30. The number of nitrogens with one attached hydrogen (secondary N) is 2. The van der Waals surface area contributed by atoms with Gasteiger partial charge in [0.2, 0.25) is 5.91 Å². The molecule has 2 aromatic carbocycles. The molecule has 0 heterocycles. The minimum atomic E-state index is -0.230. The second kappa shape index (κ2) is 9.82. The van der Waals surface area contributed by atoms with Gasteiger partial charge < -0.3 is 15.4 Å². The number of hydrogen-bond acceptors (Lipinski definition) is 3. The van der Waals surface area contributed by atoms with Crippen LogP contribution in [-0.4, -0.2) is 25.5 Å². The van der Waals surface area contributed by atoms with E-state index >= 15 is 0 Å². The Hall–Kier alpha value is -2.53. The van der Waals surface area contributed by atoms with Crippen LogP contribution in [-0.2, 0) is 4.79 Å². The first-order chi connectivity index (χ1) is 12.5. The molecule has 0 aromatic heterocycles. The number of benzene rings is 2. The molecule has 2 aromatic rings. The fourth-order valence-electron chi connectivity index (χ4n) is 2.61. The van der Waals surface area contributed by atoms with E-state index in [4.69, 9.17) is 16.3 Å². The molecule has 0 saturated carbocycles. The highest BCUT2D eigenvalue weighted by atomic mass is 35.5. The molecule has 26 heavy (non-hydrogen) atoms. The molecule has 0 aliphatic carbocycles. The van der Waals surface area contributed by atoms with Crippen LogP contribution < -0.4 is 15.4 Å². The molecule has 2 amide bonds. The second-order valence-corrected chi connectivity index (χ2v) is 6.22. The van der Waals surface area contributed by atoms with Crippen LogP contribution in [0.3, 0.4) is 0 Å². The number of para-hydroxylation sites is 1. The lowest BCUT2D eigenvalue weighted by molar-refractivity contribution is -0.121. The lowest BCUT2D eigenvalue weighted by Crippen LogP contribution is -2.32. The highest BCUT2D eigenvalue weighted by Crippen LogP contribution is 2.26. The molecular weight excluding hydrogens is 352 g/mol. The molecule has 2 rings (SSSR count). The first-order valence-corrected chi connectivity index (χ1v) is 8.89. The normalized spacial score (nSPS) is 11.5. The average Bonchev–Trinajstić information content (AvgIpc) is 2.66. The summed E-state index contributed by atoms with van der Waals surface area (Å²) in [6.45, 7) is 2.26. The number of hydrogen-bond donors (Lipinski definition) is 2. The summed E-state index contributed by atoms with van der Waals surface area (Å²) in [5.74, 6) is 0.390. The summed E-state index contributed by atoms with van der Waals surface area (Å²) in [6.07, 6.45) is 0.939. The van der Waals surface area contributed by atoms with Crippen molar-refractivity contribution < 1.29 is 14.3 Å². The van der Waals surface area contributed by atoms with Crippen LogP contribution >= 0.6 is 11.6 Å². The van der Waals surface area contributed by atoms with Gasteiger partial charge in [-0.25, -0.2) is 0 Å². The summed E-state index contributed by atoms with van der Waals surface area (Å²) in [4.78, 5) is 24.2. The first-order valence-electron chi connectivity index (χ1n) is 8.51. The van der Waals surface area contributed by atoms with Gasteiger partial charge in [0.25, 0.3) is 5.91 Å². The summed E-state index contributed by atoms with van der Waals surface area (Å²) in [5.41, 5.74) is 1.45. The molecule has 138 valence electrons. The Morgan fingerprint density at radius 2 is 1.81 bits per heavy atom. The van der Waals surface area contributed by atoms with Gasteiger partial charge in [-0.15, -0.1) is 0 Å². The fraction of sp³-hybridized carbons (Fsp3) is 0.300. The van der Waals surface area contributed by atoms with Gasteiger partial charge in [0, 0.05) is 29.1 Å². The quantitative estimate of drug-likeness (QED) is 0.739. The first kappa shape index (κ1) is 19.8. The van der Waals surface area contributed by atoms with E-state index in [2.05, 4.69) is 10.6 Å². The van der Waals surface area contributed by atoms with Gasteiger partial charge in [-0.2, -0.15) is 0 Å². The fourth-order valence-corrected chi connectivity index (χ4v) is 2.74. The van der Waals surface area contributed by atoms with Gasteiger partial charge in [-0.05, 0) is 36.8 Å².